The molecular formula is C14H14N2O4. The van der Waals surface area contributed by atoms with Crippen LogP contribution in [0, 0.1) is 17.0 Å². The Balaban J connectivity index is 2.45. The average molecular weight is 274 g/mol. The van der Waals surface area contributed by atoms with Crippen LogP contribution in [0.2, 0.25) is 0 Å². The fraction of sp³-hybridized carbons (Fsp3) is 0.143. The van der Waals surface area contributed by atoms with E-state index >= 15 is 0 Å². The first kappa shape index (κ1) is 13.7. The number of benzene rings is 2. The Bertz CT molecular complexity index is 656. The highest BCUT2D eigenvalue weighted by Crippen LogP contribution is 2.39. The van der Waals surface area contributed by atoms with Crippen molar-refractivity contribution in [3.8, 4) is 17.2 Å². The number of nitrogen functional groups attached to an aromatic ring is 1. The molecule has 6 heteroatoms. The predicted octanol–water partition coefficient (Wildman–Crippen LogP) is 3.29. The molecule has 2 aromatic rings. The lowest BCUT2D eigenvalue weighted by molar-refractivity contribution is -0.386. The molecule has 0 saturated carbocycles. The number of para-hydroxylation sites is 1. The molecule has 0 radical (unpaired) electrons. The van der Waals surface area contributed by atoms with Crippen LogP contribution in [0.4, 0.5) is 11.4 Å². The van der Waals surface area contributed by atoms with Gasteiger partial charge in [-0.25, -0.2) is 0 Å². The maximum absolute atomic E-state index is 11.2. The van der Waals surface area contributed by atoms with Crippen molar-refractivity contribution in [3.63, 3.8) is 0 Å². The molecule has 0 fully saturated rings. The Hall–Kier alpha value is -2.76. The van der Waals surface area contributed by atoms with Crippen molar-refractivity contribution in [2.45, 2.75) is 6.92 Å². The van der Waals surface area contributed by atoms with Crippen LogP contribution in [-0.2, 0) is 0 Å². The van der Waals surface area contributed by atoms with E-state index in [1.54, 1.807) is 24.3 Å². The third-order valence-corrected chi connectivity index (χ3v) is 2.78. The minimum atomic E-state index is -0.527. The molecule has 0 amide bonds. The van der Waals surface area contributed by atoms with Gasteiger partial charge in [-0.05, 0) is 42.8 Å². The lowest BCUT2D eigenvalue weighted by atomic mass is 10.2. The monoisotopic (exact) mass is 274 g/mol. The number of ether oxygens (including phenoxy) is 2. The van der Waals surface area contributed by atoms with Crippen LogP contribution in [0.1, 0.15) is 5.56 Å². The van der Waals surface area contributed by atoms with Crippen LogP contribution >= 0.6 is 0 Å². The van der Waals surface area contributed by atoms with Gasteiger partial charge in [0.25, 0.3) is 0 Å². The van der Waals surface area contributed by atoms with Gasteiger partial charge in [-0.2, -0.15) is 0 Å². The lowest BCUT2D eigenvalue weighted by Crippen LogP contribution is -1.98. The van der Waals surface area contributed by atoms with Gasteiger partial charge in [0.1, 0.15) is 5.75 Å². The Morgan fingerprint density at radius 1 is 1.15 bits per heavy atom. The Morgan fingerprint density at radius 2 is 1.85 bits per heavy atom. The number of anilines is 1. The van der Waals surface area contributed by atoms with Crippen LogP contribution in [-0.4, -0.2) is 12.0 Å². The van der Waals surface area contributed by atoms with Crippen molar-refractivity contribution in [1.29, 1.82) is 0 Å². The van der Waals surface area contributed by atoms with Gasteiger partial charge in [0.15, 0.2) is 0 Å². The molecule has 2 N–H and O–H groups in total. The van der Waals surface area contributed by atoms with Gasteiger partial charge in [0, 0.05) is 5.69 Å². The van der Waals surface area contributed by atoms with E-state index in [0.717, 1.165) is 5.56 Å². The molecule has 0 atom stereocenters. The number of nitrogens with zero attached hydrogens (tertiary/aromatic N) is 1. The number of methoxy groups -OCH3 is 1. The molecule has 0 spiro atoms. The molecule has 0 aromatic heterocycles. The number of hydrogen-bond donors (Lipinski definition) is 1. The van der Waals surface area contributed by atoms with E-state index < -0.39 is 4.92 Å². The van der Waals surface area contributed by atoms with Gasteiger partial charge < -0.3 is 15.2 Å². The lowest BCUT2D eigenvalue weighted by Gasteiger charge is -2.11. The normalized spacial score (nSPS) is 10.1. The quantitative estimate of drug-likeness (QED) is 0.525. The molecule has 2 rings (SSSR count). The predicted molar refractivity (Wildman–Crippen MR) is 75.3 cm³/mol. The first-order chi connectivity index (χ1) is 9.52. The fourth-order valence-corrected chi connectivity index (χ4v) is 1.83. The summed E-state index contributed by atoms with van der Waals surface area (Å²) in [5.41, 5.74) is 6.86. The van der Waals surface area contributed by atoms with E-state index in [2.05, 4.69) is 0 Å². The third-order valence-electron chi connectivity index (χ3n) is 2.78. The van der Waals surface area contributed by atoms with Crippen molar-refractivity contribution in [3.05, 3.63) is 52.1 Å². The number of hydrogen-bond acceptors (Lipinski definition) is 5. The van der Waals surface area contributed by atoms with Crippen molar-refractivity contribution in [2.24, 2.45) is 0 Å². The molecule has 0 unspecified atom stereocenters. The topological polar surface area (TPSA) is 87.6 Å². The van der Waals surface area contributed by atoms with Crippen LogP contribution in [0.5, 0.6) is 17.2 Å². The fourth-order valence-electron chi connectivity index (χ4n) is 1.83. The molecule has 0 aliphatic carbocycles. The average Bonchev–Trinajstić information content (AvgIpc) is 2.41. The number of aryl methyl sites for hydroxylation is 1. The third kappa shape index (κ3) is 2.64. The second-order valence-electron chi connectivity index (χ2n) is 4.19. The first-order valence-electron chi connectivity index (χ1n) is 5.88. The van der Waals surface area contributed by atoms with Crippen molar-refractivity contribution in [2.75, 3.05) is 12.8 Å². The molecule has 0 bridgehead atoms. The van der Waals surface area contributed by atoms with E-state index in [-0.39, 0.29) is 17.2 Å². The van der Waals surface area contributed by atoms with Gasteiger partial charge in [0.05, 0.1) is 12.0 Å². The Labute approximate surface area is 115 Å². The van der Waals surface area contributed by atoms with E-state index in [9.17, 15) is 10.1 Å². The number of nitrogens with two attached hydrogens (primary N) is 1. The summed E-state index contributed by atoms with van der Waals surface area (Å²) in [6.45, 7) is 1.82. The van der Waals surface area contributed by atoms with E-state index in [0.29, 0.717) is 11.4 Å². The summed E-state index contributed by atoms with van der Waals surface area (Å²) in [7, 11) is 1.38. The smallest absolute Gasteiger partial charge is 0.352 e. The molecule has 0 aliphatic rings. The second-order valence-corrected chi connectivity index (χ2v) is 4.19. The molecule has 20 heavy (non-hydrogen) atoms. The summed E-state index contributed by atoms with van der Waals surface area (Å²) < 4.78 is 10.6. The molecule has 6 nitrogen and oxygen atoms in total. The van der Waals surface area contributed by atoms with Crippen LogP contribution < -0.4 is 15.2 Å². The highest BCUT2D eigenvalue weighted by Gasteiger charge is 2.22. The van der Waals surface area contributed by atoms with Gasteiger partial charge in [-0.1, -0.05) is 6.07 Å². The van der Waals surface area contributed by atoms with Crippen LogP contribution in [0.3, 0.4) is 0 Å². The Morgan fingerprint density at radius 3 is 2.45 bits per heavy atom. The van der Waals surface area contributed by atoms with Crippen molar-refractivity contribution in [1.82, 2.24) is 0 Å². The van der Waals surface area contributed by atoms with Crippen molar-refractivity contribution >= 4 is 11.4 Å². The van der Waals surface area contributed by atoms with Crippen LogP contribution in [0.25, 0.3) is 0 Å². The summed E-state index contributed by atoms with van der Waals surface area (Å²) in [6, 6.07) is 9.76. The summed E-state index contributed by atoms with van der Waals surface area (Å²) in [6.07, 6.45) is 0. The zero-order valence-corrected chi connectivity index (χ0v) is 11.1. The summed E-state index contributed by atoms with van der Waals surface area (Å²) >= 11 is 0. The van der Waals surface area contributed by atoms with E-state index in [4.69, 9.17) is 15.2 Å². The molecule has 0 saturated heterocycles. The molecule has 104 valence electrons. The molecule has 2 aromatic carbocycles. The SMILES string of the molecule is COc1cccc(Oc2ccc(N)cc2C)c1[N+](=O)[O-]. The molecule has 0 heterocycles. The van der Waals surface area contributed by atoms with Gasteiger partial charge in [-0.15, -0.1) is 0 Å². The summed E-state index contributed by atoms with van der Waals surface area (Å²) in [4.78, 5) is 10.6. The van der Waals surface area contributed by atoms with Gasteiger partial charge >= 0.3 is 5.69 Å². The molecule has 0 aliphatic heterocycles. The van der Waals surface area contributed by atoms with Gasteiger partial charge in [0.2, 0.25) is 11.5 Å². The van der Waals surface area contributed by atoms with E-state index in [1.807, 2.05) is 6.92 Å². The highest BCUT2D eigenvalue weighted by atomic mass is 16.6. The van der Waals surface area contributed by atoms with Crippen molar-refractivity contribution < 1.29 is 14.4 Å². The Kier molecular flexibility index (Phi) is 3.74. The number of rotatable bonds is 4. The first-order valence-corrected chi connectivity index (χ1v) is 5.88. The zero-order chi connectivity index (χ0) is 14.7. The maximum atomic E-state index is 11.2. The summed E-state index contributed by atoms with van der Waals surface area (Å²) in [5, 5.41) is 11.2. The standard InChI is InChI=1S/C14H14N2O4/c1-9-8-10(15)6-7-11(9)20-13-5-3-4-12(19-2)14(13)16(17)18/h3-8H,15H2,1-2H3. The minimum absolute atomic E-state index is 0.127. The number of nitro benzene ring substituents is 1. The largest absolute Gasteiger partial charge is 0.490 e. The van der Waals surface area contributed by atoms with Gasteiger partial charge in [-0.3, -0.25) is 10.1 Å². The highest BCUT2D eigenvalue weighted by molar-refractivity contribution is 5.59. The van der Waals surface area contributed by atoms with Crippen LogP contribution in [0.15, 0.2) is 36.4 Å². The maximum Gasteiger partial charge on any atom is 0.352 e. The molecular weight excluding hydrogens is 260 g/mol. The van der Waals surface area contributed by atoms with E-state index in [1.165, 1.54) is 19.2 Å². The summed E-state index contributed by atoms with van der Waals surface area (Å²) in [5.74, 6) is 0.790. The minimum Gasteiger partial charge on any atom is -0.490 e. The number of nitro groups is 1. The second kappa shape index (κ2) is 5.48. The zero-order valence-electron chi connectivity index (χ0n) is 11.1.